The number of nitro benzene ring substituents is 2. The highest BCUT2D eigenvalue weighted by atomic mass is 16.6. The molecule has 0 heterocycles. The van der Waals surface area contributed by atoms with Gasteiger partial charge in [0.1, 0.15) is 5.69 Å². The summed E-state index contributed by atoms with van der Waals surface area (Å²) >= 11 is 0. The maximum atomic E-state index is 11.1. The molecule has 0 aliphatic rings. The monoisotopic (exact) mass is 316 g/mol. The Morgan fingerprint density at radius 3 is 2.22 bits per heavy atom. The Morgan fingerprint density at radius 1 is 1.04 bits per heavy atom. The van der Waals surface area contributed by atoms with Crippen LogP contribution in [-0.4, -0.2) is 15.8 Å². The van der Waals surface area contributed by atoms with E-state index in [0.29, 0.717) is 11.3 Å². The molecule has 1 amide bonds. The summed E-state index contributed by atoms with van der Waals surface area (Å²) in [4.78, 5) is 31.2. The molecule has 0 spiro atoms. The Kier molecular flexibility index (Phi) is 4.50. The number of nitrogens with zero attached hydrogens (tertiary/aromatic N) is 2. The Bertz CT molecular complexity index is 773. The molecule has 0 aliphatic heterocycles. The summed E-state index contributed by atoms with van der Waals surface area (Å²) in [7, 11) is 0. The first kappa shape index (κ1) is 15.9. The van der Waals surface area contributed by atoms with Crippen LogP contribution in [0.2, 0.25) is 0 Å². The first-order chi connectivity index (χ1) is 10.9. The second-order valence-corrected chi connectivity index (χ2v) is 4.68. The van der Waals surface area contributed by atoms with E-state index in [1.807, 2.05) is 0 Å². The van der Waals surface area contributed by atoms with Gasteiger partial charge in [0.05, 0.1) is 22.3 Å². The Morgan fingerprint density at radius 2 is 1.70 bits per heavy atom. The Labute approximate surface area is 130 Å². The number of carbonyl (C=O) groups excluding carboxylic acids is 1. The van der Waals surface area contributed by atoms with Crippen LogP contribution in [0.15, 0.2) is 42.5 Å². The lowest BCUT2D eigenvalue weighted by molar-refractivity contribution is -0.393. The molecule has 118 valence electrons. The molecule has 9 heteroatoms. The van der Waals surface area contributed by atoms with Gasteiger partial charge in [0.2, 0.25) is 5.91 Å². The van der Waals surface area contributed by atoms with Crippen molar-refractivity contribution in [2.45, 2.75) is 6.42 Å². The quantitative estimate of drug-likeness (QED) is 0.618. The van der Waals surface area contributed by atoms with Gasteiger partial charge in [-0.05, 0) is 23.8 Å². The highest BCUT2D eigenvalue weighted by molar-refractivity contribution is 5.77. The molecule has 0 fully saturated rings. The molecular weight excluding hydrogens is 304 g/mol. The third-order valence-electron chi connectivity index (χ3n) is 3.00. The SMILES string of the molecule is NC(=O)Cc1ccc(Nc2ccc([N+](=O)[O-])cc2[N+](=O)[O-])cc1. The van der Waals surface area contributed by atoms with E-state index in [4.69, 9.17) is 5.73 Å². The lowest BCUT2D eigenvalue weighted by atomic mass is 10.1. The van der Waals surface area contributed by atoms with E-state index < -0.39 is 21.4 Å². The van der Waals surface area contributed by atoms with Crippen LogP contribution in [0, 0.1) is 20.2 Å². The van der Waals surface area contributed by atoms with Crippen molar-refractivity contribution in [3.8, 4) is 0 Å². The van der Waals surface area contributed by atoms with Gasteiger partial charge in [0.25, 0.3) is 11.4 Å². The van der Waals surface area contributed by atoms with Gasteiger partial charge in [-0.3, -0.25) is 25.0 Å². The second-order valence-electron chi connectivity index (χ2n) is 4.68. The van der Waals surface area contributed by atoms with Crippen LogP contribution in [0.3, 0.4) is 0 Å². The standard InChI is InChI=1S/C14H12N4O5/c15-14(19)7-9-1-3-10(4-2-9)16-12-6-5-11(17(20)21)8-13(12)18(22)23/h1-6,8,16H,7H2,(H2,15,19). The second kappa shape index (κ2) is 6.52. The molecule has 0 aromatic heterocycles. The largest absolute Gasteiger partial charge is 0.369 e. The number of primary amides is 1. The van der Waals surface area contributed by atoms with Gasteiger partial charge in [0.15, 0.2) is 0 Å². The molecule has 0 atom stereocenters. The minimum absolute atomic E-state index is 0.0952. The molecule has 23 heavy (non-hydrogen) atoms. The average Bonchev–Trinajstić information content (AvgIpc) is 2.48. The number of hydrogen-bond acceptors (Lipinski definition) is 6. The molecule has 0 bridgehead atoms. The number of hydrogen-bond donors (Lipinski definition) is 2. The minimum Gasteiger partial charge on any atom is -0.369 e. The van der Waals surface area contributed by atoms with E-state index >= 15 is 0 Å². The minimum atomic E-state index is -0.699. The summed E-state index contributed by atoms with van der Waals surface area (Å²) in [6, 6.07) is 9.91. The van der Waals surface area contributed by atoms with Gasteiger partial charge in [-0.25, -0.2) is 0 Å². The molecule has 2 aromatic carbocycles. The fraction of sp³-hybridized carbons (Fsp3) is 0.0714. The zero-order valence-corrected chi connectivity index (χ0v) is 11.8. The van der Waals surface area contributed by atoms with Crippen molar-refractivity contribution in [2.24, 2.45) is 5.73 Å². The van der Waals surface area contributed by atoms with Crippen molar-refractivity contribution in [1.29, 1.82) is 0 Å². The van der Waals surface area contributed by atoms with Crippen molar-refractivity contribution < 1.29 is 14.6 Å². The summed E-state index contributed by atoms with van der Waals surface area (Å²) in [5.74, 6) is -0.461. The van der Waals surface area contributed by atoms with Crippen LogP contribution in [0.25, 0.3) is 0 Å². The van der Waals surface area contributed by atoms with Crippen LogP contribution in [0.5, 0.6) is 0 Å². The van der Waals surface area contributed by atoms with Crippen LogP contribution >= 0.6 is 0 Å². The summed E-state index contributed by atoms with van der Waals surface area (Å²) in [5.41, 5.74) is 5.70. The van der Waals surface area contributed by atoms with Crippen molar-refractivity contribution in [3.05, 3.63) is 68.3 Å². The number of nitrogens with two attached hydrogens (primary N) is 1. The van der Waals surface area contributed by atoms with E-state index in [1.54, 1.807) is 24.3 Å². The first-order valence-corrected chi connectivity index (χ1v) is 6.44. The van der Waals surface area contributed by atoms with Gasteiger partial charge in [0, 0.05) is 11.8 Å². The molecular formula is C14H12N4O5. The number of amides is 1. The number of benzene rings is 2. The van der Waals surface area contributed by atoms with Crippen molar-refractivity contribution in [3.63, 3.8) is 0 Å². The summed E-state index contributed by atoms with van der Waals surface area (Å²) in [6.45, 7) is 0. The fourth-order valence-electron chi connectivity index (χ4n) is 1.95. The fourth-order valence-corrected chi connectivity index (χ4v) is 1.95. The molecule has 0 saturated heterocycles. The van der Waals surface area contributed by atoms with Crippen molar-refractivity contribution >= 4 is 28.7 Å². The zero-order chi connectivity index (χ0) is 17.0. The predicted octanol–water partition coefficient (Wildman–Crippen LogP) is 2.27. The van der Waals surface area contributed by atoms with Gasteiger partial charge in [-0.15, -0.1) is 0 Å². The molecule has 9 nitrogen and oxygen atoms in total. The van der Waals surface area contributed by atoms with E-state index in [0.717, 1.165) is 6.07 Å². The van der Waals surface area contributed by atoms with Crippen LogP contribution in [-0.2, 0) is 11.2 Å². The summed E-state index contributed by atoms with van der Waals surface area (Å²) < 4.78 is 0. The average molecular weight is 316 g/mol. The molecule has 2 aromatic rings. The van der Waals surface area contributed by atoms with Crippen molar-refractivity contribution in [2.75, 3.05) is 5.32 Å². The molecule has 0 radical (unpaired) electrons. The number of nitrogens with one attached hydrogen (secondary N) is 1. The van der Waals surface area contributed by atoms with Crippen LogP contribution < -0.4 is 11.1 Å². The van der Waals surface area contributed by atoms with E-state index in [9.17, 15) is 25.0 Å². The first-order valence-electron chi connectivity index (χ1n) is 6.44. The maximum absolute atomic E-state index is 11.1. The Hall–Kier alpha value is -3.49. The Balaban J connectivity index is 2.27. The lowest BCUT2D eigenvalue weighted by Crippen LogP contribution is -2.13. The number of carbonyl (C=O) groups is 1. The topological polar surface area (TPSA) is 141 Å². The molecule has 0 unspecified atom stereocenters. The van der Waals surface area contributed by atoms with Gasteiger partial charge in [-0.1, -0.05) is 12.1 Å². The van der Waals surface area contributed by atoms with Gasteiger partial charge < -0.3 is 11.1 Å². The normalized spacial score (nSPS) is 10.1. The highest BCUT2D eigenvalue weighted by Gasteiger charge is 2.19. The zero-order valence-electron chi connectivity index (χ0n) is 11.8. The third-order valence-corrected chi connectivity index (χ3v) is 3.00. The number of anilines is 2. The van der Waals surface area contributed by atoms with Crippen molar-refractivity contribution in [1.82, 2.24) is 0 Å². The molecule has 0 aliphatic carbocycles. The predicted molar refractivity (Wildman–Crippen MR) is 82.4 cm³/mol. The smallest absolute Gasteiger partial charge is 0.299 e. The number of nitro groups is 2. The van der Waals surface area contributed by atoms with Crippen LogP contribution in [0.1, 0.15) is 5.56 Å². The molecule has 2 rings (SSSR count). The molecule has 0 saturated carbocycles. The van der Waals surface area contributed by atoms with E-state index in [2.05, 4.69) is 5.32 Å². The summed E-state index contributed by atoms with van der Waals surface area (Å²) in [6.07, 6.45) is 0.0952. The third kappa shape index (κ3) is 4.00. The summed E-state index contributed by atoms with van der Waals surface area (Å²) in [5, 5.41) is 24.6. The van der Waals surface area contributed by atoms with E-state index in [-0.39, 0.29) is 17.8 Å². The highest BCUT2D eigenvalue weighted by Crippen LogP contribution is 2.31. The van der Waals surface area contributed by atoms with E-state index in [1.165, 1.54) is 12.1 Å². The van der Waals surface area contributed by atoms with Crippen LogP contribution in [0.4, 0.5) is 22.7 Å². The molecule has 3 N–H and O–H groups in total. The number of rotatable bonds is 6. The van der Waals surface area contributed by atoms with Gasteiger partial charge >= 0.3 is 0 Å². The lowest BCUT2D eigenvalue weighted by Gasteiger charge is -2.08. The number of non-ortho nitro benzene ring substituents is 1. The van der Waals surface area contributed by atoms with Gasteiger partial charge in [-0.2, -0.15) is 0 Å². The maximum Gasteiger partial charge on any atom is 0.299 e.